The van der Waals surface area contributed by atoms with Crippen molar-refractivity contribution < 1.29 is 17.8 Å². The SMILES string of the molecule is Cc1ccc(CCNC(=O)C[S@](=O)Cc2nc(-c3ccccc3F)oc2C)cc1. The van der Waals surface area contributed by atoms with Gasteiger partial charge in [0.05, 0.1) is 17.0 Å². The molecular formula is C22H23FN2O3S. The number of aromatic nitrogens is 1. The smallest absolute Gasteiger partial charge is 0.232 e. The van der Waals surface area contributed by atoms with Crippen LogP contribution < -0.4 is 5.32 Å². The minimum Gasteiger partial charge on any atom is -0.441 e. The van der Waals surface area contributed by atoms with E-state index in [1.807, 2.05) is 31.2 Å². The summed E-state index contributed by atoms with van der Waals surface area (Å²) in [6, 6.07) is 14.3. The zero-order chi connectivity index (χ0) is 20.8. The van der Waals surface area contributed by atoms with Crippen molar-refractivity contribution in [1.29, 1.82) is 0 Å². The normalized spacial score (nSPS) is 12.0. The van der Waals surface area contributed by atoms with Crippen molar-refractivity contribution in [3.05, 3.63) is 76.9 Å². The third kappa shape index (κ3) is 5.84. The van der Waals surface area contributed by atoms with Gasteiger partial charge in [0.2, 0.25) is 11.8 Å². The van der Waals surface area contributed by atoms with Crippen molar-refractivity contribution in [1.82, 2.24) is 10.3 Å². The van der Waals surface area contributed by atoms with Crippen LogP contribution in [0, 0.1) is 19.7 Å². The Balaban J connectivity index is 1.50. The van der Waals surface area contributed by atoms with Crippen LogP contribution in [0.2, 0.25) is 0 Å². The highest BCUT2D eigenvalue weighted by Crippen LogP contribution is 2.24. The predicted octanol–water partition coefficient (Wildman–Crippen LogP) is 3.71. The maximum atomic E-state index is 13.9. The van der Waals surface area contributed by atoms with Gasteiger partial charge in [-0.3, -0.25) is 9.00 Å². The molecule has 5 nitrogen and oxygen atoms in total. The molecule has 0 fully saturated rings. The Morgan fingerprint density at radius 3 is 2.59 bits per heavy atom. The van der Waals surface area contributed by atoms with E-state index < -0.39 is 16.6 Å². The largest absolute Gasteiger partial charge is 0.441 e. The number of carbonyl (C=O) groups is 1. The first kappa shape index (κ1) is 20.9. The first-order valence-electron chi connectivity index (χ1n) is 9.31. The maximum Gasteiger partial charge on any atom is 0.232 e. The number of benzene rings is 2. The molecule has 1 aromatic heterocycles. The lowest BCUT2D eigenvalue weighted by molar-refractivity contribution is -0.118. The molecule has 3 aromatic rings. The summed E-state index contributed by atoms with van der Waals surface area (Å²) in [5, 5.41) is 2.79. The second-order valence-corrected chi connectivity index (χ2v) is 8.27. The Labute approximate surface area is 171 Å². The van der Waals surface area contributed by atoms with E-state index in [-0.39, 0.29) is 28.9 Å². The summed E-state index contributed by atoms with van der Waals surface area (Å²) in [6.45, 7) is 4.20. The molecule has 0 saturated carbocycles. The quantitative estimate of drug-likeness (QED) is 0.610. The molecule has 1 atom stereocenters. The molecule has 7 heteroatoms. The van der Waals surface area contributed by atoms with Crippen LogP contribution in [-0.4, -0.2) is 27.4 Å². The van der Waals surface area contributed by atoms with Gasteiger partial charge in [0.1, 0.15) is 17.3 Å². The molecular weight excluding hydrogens is 391 g/mol. The Hall–Kier alpha value is -2.80. The lowest BCUT2D eigenvalue weighted by Gasteiger charge is -2.05. The highest BCUT2D eigenvalue weighted by Gasteiger charge is 2.17. The number of aryl methyl sites for hydroxylation is 2. The summed E-state index contributed by atoms with van der Waals surface area (Å²) in [5.74, 6) is -0.128. The molecule has 1 heterocycles. The molecule has 0 aliphatic carbocycles. The number of amides is 1. The van der Waals surface area contributed by atoms with Crippen LogP contribution in [0.25, 0.3) is 11.5 Å². The Morgan fingerprint density at radius 1 is 1.14 bits per heavy atom. The number of nitrogens with one attached hydrogen (secondary N) is 1. The first-order valence-corrected chi connectivity index (χ1v) is 10.8. The summed E-state index contributed by atoms with van der Waals surface area (Å²) in [4.78, 5) is 16.3. The van der Waals surface area contributed by atoms with Gasteiger partial charge in [0.25, 0.3) is 0 Å². The second-order valence-electron chi connectivity index (χ2n) is 6.82. The van der Waals surface area contributed by atoms with E-state index in [2.05, 4.69) is 10.3 Å². The van der Waals surface area contributed by atoms with E-state index in [0.717, 1.165) is 5.56 Å². The first-order chi connectivity index (χ1) is 13.9. The highest BCUT2D eigenvalue weighted by molar-refractivity contribution is 7.84. The maximum absolute atomic E-state index is 13.9. The van der Waals surface area contributed by atoms with E-state index in [1.54, 1.807) is 25.1 Å². The van der Waals surface area contributed by atoms with Crippen molar-refractivity contribution in [3.63, 3.8) is 0 Å². The number of hydrogen-bond donors (Lipinski definition) is 1. The number of oxazole rings is 1. The standard InChI is InChI=1S/C22H23FN2O3S/c1-15-7-9-17(10-8-15)11-12-24-21(26)14-29(27)13-20-16(2)28-22(25-20)18-5-3-4-6-19(18)23/h3-10H,11-14H2,1-2H3,(H,24,26)/t29-/m1/s1. The summed E-state index contributed by atoms with van der Waals surface area (Å²) in [7, 11) is -1.44. The fourth-order valence-corrected chi connectivity index (χ4v) is 3.88. The van der Waals surface area contributed by atoms with E-state index in [4.69, 9.17) is 4.42 Å². The molecule has 0 aliphatic rings. The van der Waals surface area contributed by atoms with E-state index >= 15 is 0 Å². The molecule has 1 amide bonds. The molecule has 0 saturated heterocycles. The van der Waals surface area contributed by atoms with Gasteiger partial charge >= 0.3 is 0 Å². The van der Waals surface area contributed by atoms with E-state index in [1.165, 1.54) is 11.6 Å². The molecule has 0 spiro atoms. The summed E-state index contributed by atoms with van der Waals surface area (Å²) < 4.78 is 31.8. The molecule has 0 aliphatic heterocycles. The van der Waals surface area contributed by atoms with Gasteiger partial charge in [-0.15, -0.1) is 0 Å². The van der Waals surface area contributed by atoms with Gasteiger partial charge in [-0.2, -0.15) is 0 Å². The van der Waals surface area contributed by atoms with Gasteiger partial charge in [-0.05, 0) is 38.0 Å². The van der Waals surface area contributed by atoms with Gasteiger partial charge in [-0.1, -0.05) is 42.0 Å². The summed E-state index contributed by atoms with van der Waals surface area (Å²) in [6.07, 6.45) is 0.715. The van der Waals surface area contributed by atoms with Gasteiger partial charge in [0, 0.05) is 17.3 Å². The van der Waals surface area contributed by atoms with Crippen LogP contribution in [0.3, 0.4) is 0 Å². The van der Waals surface area contributed by atoms with Crippen molar-refractivity contribution in [3.8, 4) is 11.5 Å². The lowest BCUT2D eigenvalue weighted by Crippen LogP contribution is -2.30. The number of hydrogen-bond acceptors (Lipinski definition) is 4. The lowest BCUT2D eigenvalue weighted by atomic mass is 10.1. The van der Waals surface area contributed by atoms with Crippen molar-refractivity contribution in [2.45, 2.75) is 26.0 Å². The van der Waals surface area contributed by atoms with Crippen LogP contribution in [0.5, 0.6) is 0 Å². The van der Waals surface area contributed by atoms with Crippen LogP contribution in [0.15, 0.2) is 52.9 Å². The van der Waals surface area contributed by atoms with E-state index in [9.17, 15) is 13.4 Å². The molecule has 1 N–H and O–H groups in total. The van der Waals surface area contributed by atoms with Crippen LogP contribution in [0.4, 0.5) is 4.39 Å². The predicted molar refractivity (Wildman–Crippen MR) is 111 cm³/mol. The van der Waals surface area contributed by atoms with E-state index in [0.29, 0.717) is 24.4 Å². The third-order valence-corrected chi connectivity index (χ3v) is 5.62. The Kier molecular flexibility index (Phi) is 6.93. The molecule has 152 valence electrons. The molecule has 0 unspecified atom stereocenters. The second kappa shape index (κ2) is 9.60. The average molecular weight is 415 g/mol. The number of carbonyl (C=O) groups excluding carboxylic acids is 1. The number of nitrogens with zero attached hydrogens (tertiary/aromatic N) is 1. The minimum atomic E-state index is -1.44. The molecule has 3 rings (SSSR count). The van der Waals surface area contributed by atoms with Crippen LogP contribution in [0.1, 0.15) is 22.6 Å². The summed E-state index contributed by atoms with van der Waals surface area (Å²) >= 11 is 0. The highest BCUT2D eigenvalue weighted by atomic mass is 32.2. The van der Waals surface area contributed by atoms with Gasteiger partial charge in [0.15, 0.2) is 0 Å². The summed E-state index contributed by atoms with van der Waals surface area (Å²) in [5.41, 5.74) is 3.04. The number of rotatable bonds is 8. The molecule has 2 aromatic carbocycles. The zero-order valence-electron chi connectivity index (χ0n) is 16.4. The zero-order valence-corrected chi connectivity index (χ0v) is 17.2. The Bertz CT molecular complexity index is 1020. The fraction of sp³-hybridized carbons (Fsp3) is 0.273. The number of halogens is 1. The van der Waals surface area contributed by atoms with Gasteiger partial charge in [-0.25, -0.2) is 9.37 Å². The monoisotopic (exact) mass is 414 g/mol. The topological polar surface area (TPSA) is 72.2 Å². The van der Waals surface area contributed by atoms with Crippen LogP contribution >= 0.6 is 0 Å². The van der Waals surface area contributed by atoms with Crippen molar-refractivity contribution in [2.75, 3.05) is 12.3 Å². The fourth-order valence-electron chi connectivity index (χ4n) is 2.81. The molecule has 29 heavy (non-hydrogen) atoms. The van der Waals surface area contributed by atoms with Crippen LogP contribution in [-0.2, 0) is 27.8 Å². The van der Waals surface area contributed by atoms with Gasteiger partial charge < -0.3 is 9.73 Å². The minimum absolute atomic E-state index is 0.0785. The van der Waals surface area contributed by atoms with Crippen molar-refractivity contribution >= 4 is 16.7 Å². The van der Waals surface area contributed by atoms with Crippen molar-refractivity contribution in [2.24, 2.45) is 0 Å². The molecule has 0 bridgehead atoms. The average Bonchev–Trinajstić information content (AvgIpc) is 3.03. The Morgan fingerprint density at radius 2 is 1.86 bits per heavy atom. The molecule has 0 radical (unpaired) electrons. The third-order valence-electron chi connectivity index (χ3n) is 4.44.